The molecule has 5 heteroatoms. The van der Waals surface area contributed by atoms with Gasteiger partial charge >= 0.3 is 6.01 Å². The van der Waals surface area contributed by atoms with E-state index in [1.165, 1.54) is 0 Å². The molecule has 0 saturated heterocycles. The lowest BCUT2D eigenvalue weighted by molar-refractivity contribution is 0.407. The Morgan fingerprint density at radius 1 is 1.24 bits per heavy atom. The Balaban J connectivity index is 2.68. The maximum absolute atomic E-state index is 5.60. The Bertz CT molecular complexity index is 333. The van der Waals surface area contributed by atoms with Gasteiger partial charge in [0.1, 0.15) is 0 Å². The molecule has 1 aromatic heterocycles. The summed E-state index contributed by atoms with van der Waals surface area (Å²) in [5.74, 6) is 0.629. The predicted molar refractivity (Wildman–Crippen MR) is 69.0 cm³/mol. The quantitative estimate of drug-likeness (QED) is 0.767. The number of nitrogens with zero attached hydrogens (tertiary/aromatic N) is 2. The Hall–Kier alpha value is -1.10. The molecule has 0 fully saturated rings. The van der Waals surface area contributed by atoms with Crippen molar-refractivity contribution in [2.24, 2.45) is 0 Å². The zero-order valence-electron chi connectivity index (χ0n) is 11.5. The smallest absolute Gasteiger partial charge is 0.315 e. The molecule has 1 atom stereocenters. The van der Waals surface area contributed by atoms with Gasteiger partial charge in [0.05, 0.1) is 6.04 Å². The van der Waals surface area contributed by atoms with Crippen LogP contribution in [0.2, 0.25) is 0 Å². The highest BCUT2D eigenvalue weighted by Crippen LogP contribution is 2.22. The maximum Gasteiger partial charge on any atom is 0.315 e. The molecule has 5 nitrogen and oxygen atoms in total. The first-order chi connectivity index (χ1) is 8.04. The summed E-state index contributed by atoms with van der Waals surface area (Å²) in [6.07, 6.45) is 2.04. The highest BCUT2D eigenvalue weighted by molar-refractivity contribution is 5.23. The van der Waals surface area contributed by atoms with Gasteiger partial charge in [-0.25, -0.2) is 0 Å². The molecular weight excluding hydrogens is 216 g/mol. The van der Waals surface area contributed by atoms with Crippen molar-refractivity contribution < 1.29 is 4.42 Å². The molecule has 0 aliphatic rings. The van der Waals surface area contributed by atoms with E-state index in [-0.39, 0.29) is 11.6 Å². The molecule has 0 spiro atoms. The van der Waals surface area contributed by atoms with E-state index < -0.39 is 0 Å². The lowest BCUT2D eigenvalue weighted by atomic mass is 9.96. The lowest BCUT2D eigenvalue weighted by Gasteiger charge is -2.26. The molecule has 1 unspecified atom stereocenters. The van der Waals surface area contributed by atoms with E-state index in [0.29, 0.717) is 11.9 Å². The van der Waals surface area contributed by atoms with Crippen molar-refractivity contribution in [1.29, 1.82) is 0 Å². The molecule has 0 bridgehead atoms. The van der Waals surface area contributed by atoms with Crippen molar-refractivity contribution in [3.05, 3.63) is 5.89 Å². The van der Waals surface area contributed by atoms with E-state index in [1.807, 2.05) is 6.92 Å². The van der Waals surface area contributed by atoms with E-state index in [4.69, 9.17) is 4.42 Å². The van der Waals surface area contributed by atoms with Crippen molar-refractivity contribution in [3.8, 4) is 0 Å². The number of hydrogen-bond donors (Lipinski definition) is 2. The van der Waals surface area contributed by atoms with Gasteiger partial charge in [-0.1, -0.05) is 25.9 Å². The van der Waals surface area contributed by atoms with E-state index in [9.17, 15) is 0 Å². The van der Waals surface area contributed by atoms with Gasteiger partial charge in [-0.15, -0.1) is 5.10 Å². The summed E-state index contributed by atoms with van der Waals surface area (Å²) in [4.78, 5) is 0. The Kier molecular flexibility index (Phi) is 4.93. The molecule has 98 valence electrons. The molecule has 0 aliphatic carbocycles. The lowest BCUT2D eigenvalue weighted by Crippen LogP contribution is -2.33. The fraction of sp³-hybridized carbons (Fsp3) is 0.833. The first kappa shape index (κ1) is 14.0. The van der Waals surface area contributed by atoms with E-state index in [2.05, 4.69) is 48.5 Å². The summed E-state index contributed by atoms with van der Waals surface area (Å²) in [5, 5.41) is 14.6. The summed E-state index contributed by atoms with van der Waals surface area (Å²) in [6.45, 7) is 11.4. The third-order valence-corrected chi connectivity index (χ3v) is 3.29. The minimum Gasteiger partial charge on any atom is -0.406 e. The second kappa shape index (κ2) is 6.00. The number of aromatic nitrogens is 2. The number of hydrogen-bond acceptors (Lipinski definition) is 5. The van der Waals surface area contributed by atoms with E-state index >= 15 is 0 Å². The van der Waals surface area contributed by atoms with Crippen LogP contribution in [0.15, 0.2) is 4.42 Å². The fourth-order valence-corrected chi connectivity index (χ4v) is 1.54. The van der Waals surface area contributed by atoms with E-state index in [1.54, 1.807) is 0 Å². The van der Waals surface area contributed by atoms with Crippen LogP contribution in [0.1, 0.15) is 59.4 Å². The zero-order chi connectivity index (χ0) is 12.9. The molecule has 2 N–H and O–H groups in total. The Morgan fingerprint density at radius 2 is 1.88 bits per heavy atom. The second-order valence-electron chi connectivity index (χ2n) is 4.62. The molecule has 17 heavy (non-hydrogen) atoms. The van der Waals surface area contributed by atoms with Crippen LogP contribution < -0.4 is 10.6 Å². The average molecular weight is 240 g/mol. The molecule has 1 aromatic rings. The average Bonchev–Trinajstić information content (AvgIpc) is 2.77. The molecule has 1 rings (SSSR count). The summed E-state index contributed by atoms with van der Waals surface area (Å²) in [6, 6.07) is 0.605. The highest BCUT2D eigenvalue weighted by atomic mass is 16.4. The SMILES string of the molecule is CCNC(C)c1nnc(NC(C)(CC)CC)o1. The van der Waals surface area contributed by atoms with Gasteiger partial charge in [0.2, 0.25) is 5.89 Å². The molecular formula is C12H24N4O. The van der Waals surface area contributed by atoms with Crippen LogP contribution in [-0.4, -0.2) is 22.3 Å². The predicted octanol–water partition coefficient (Wildman–Crippen LogP) is 2.73. The van der Waals surface area contributed by atoms with E-state index in [0.717, 1.165) is 19.4 Å². The second-order valence-corrected chi connectivity index (χ2v) is 4.62. The molecule has 0 radical (unpaired) electrons. The minimum absolute atomic E-state index is 0.0191. The number of anilines is 1. The van der Waals surface area contributed by atoms with Crippen molar-refractivity contribution in [2.75, 3.05) is 11.9 Å². The fourth-order valence-electron chi connectivity index (χ4n) is 1.54. The van der Waals surface area contributed by atoms with Crippen LogP contribution in [-0.2, 0) is 0 Å². The standard InChI is InChI=1S/C12H24N4O/c1-6-12(5,7-2)14-11-16-15-10(17-11)9(4)13-8-3/h9,13H,6-8H2,1-5H3,(H,14,16). The van der Waals surface area contributed by atoms with Gasteiger partial charge in [-0.2, -0.15) is 0 Å². The third kappa shape index (κ3) is 3.70. The molecule has 1 heterocycles. The Labute approximate surface area is 103 Å². The minimum atomic E-state index is 0.0191. The zero-order valence-corrected chi connectivity index (χ0v) is 11.5. The normalized spacial score (nSPS) is 13.7. The van der Waals surface area contributed by atoms with Crippen LogP contribution in [0, 0.1) is 0 Å². The van der Waals surface area contributed by atoms with Gasteiger partial charge < -0.3 is 15.1 Å². The third-order valence-electron chi connectivity index (χ3n) is 3.29. The number of nitrogens with one attached hydrogen (secondary N) is 2. The molecule has 0 amide bonds. The van der Waals surface area contributed by atoms with Crippen LogP contribution in [0.25, 0.3) is 0 Å². The van der Waals surface area contributed by atoms with Crippen molar-refractivity contribution in [2.45, 2.75) is 59.0 Å². The highest BCUT2D eigenvalue weighted by Gasteiger charge is 2.22. The summed E-state index contributed by atoms with van der Waals surface area (Å²) >= 11 is 0. The van der Waals surface area contributed by atoms with Gasteiger partial charge in [0, 0.05) is 5.54 Å². The first-order valence-corrected chi connectivity index (χ1v) is 6.39. The number of rotatable bonds is 7. The van der Waals surface area contributed by atoms with Crippen molar-refractivity contribution in [1.82, 2.24) is 15.5 Å². The monoisotopic (exact) mass is 240 g/mol. The van der Waals surface area contributed by atoms with Crippen molar-refractivity contribution in [3.63, 3.8) is 0 Å². The van der Waals surface area contributed by atoms with Gasteiger partial charge in [-0.05, 0) is 33.2 Å². The Morgan fingerprint density at radius 3 is 2.41 bits per heavy atom. The van der Waals surface area contributed by atoms with Crippen LogP contribution in [0.4, 0.5) is 6.01 Å². The molecule has 0 saturated carbocycles. The summed E-state index contributed by atoms with van der Waals surface area (Å²) in [7, 11) is 0. The van der Waals surface area contributed by atoms with Crippen LogP contribution >= 0.6 is 0 Å². The topological polar surface area (TPSA) is 63.0 Å². The van der Waals surface area contributed by atoms with Crippen LogP contribution in [0.3, 0.4) is 0 Å². The summed E-state index contributed by atoms with van der Waals surface area (Å²) in [5.41, 5.74) is 0.0191. The largest absolute Gasteiger partial charge is 0.406 e. The van der Waals surface area contributed by atoms with Gasteiger partial charge in [0.15, 0.2) is 0 Å². The van der Waals surface area contributed by atoms with Crippen molar-refractivity contribution >= 4 is 6.01 Å². The van der Waals surface area contributed by atoms with Crippen LogP contribution in [0.5, 0.6) is 0 Å². The molecule has 0 aliphatic heterocycles. The summed E-state index contributed by atoms with van der Waals surface area (Å²) < 4.78 is 5.60. The maximum atomic E-state index is 5.60. The first-order valence-electron chi connectivity index (χ1n) is 6.39. The van der Waals surface area contributed by atoms with Gasteiger partial charge in [-0.3, -0.25) is 0 Å². The molecule has 0 aromatic carbocycles. The van der Waals surface area contributed by atoms with Gasteiger partial charge in [0.25, 0.3) is 0 Å².